The zero-order valence-electron chi connectivity index (χ0n) is 18.2. The number of rotatable bonds is 5. The van der Waals surface area contributed by atoms with Crippen molar-refractivity contribution in [3.8, 4) is 16.9 Å². The highest BCUT2D eigenvalue weighted by Gasteiger charge is 2.43. The molecule has 33 heavy (non-hydrogen) atoms. The van der Waals surface area contributed by atoms with E-state index < -0.39 is 11.9 Å². The minimum absolute atomic E-state index is 0.0378. The number of hydrogen-bond donors (Lipinski definition) is 1. The molecule has 5 rings (SSSR count). The number of ether oxygens (including phenoxy) is 2. The van der Waals surface area contributed by atoms with E-state index in [1.54, 1.807) is 25.4 Å². The number of nitrogen functional groups attached to an aromatic ring is 1. The molecule has 3 aromatic rings. The Morgan fingerprint density at radius 1 is 1.24 bits per heavy atom. The van der Waals surface area contributed by atoms with Crippen molar-refractivity contribution in [2.24, 2.45) is 0 Å². The first-order valence-electron chi connectivity index (χ1n) is 11.1. The molecular weight excluding hydrogens is 466 g/mol. The number of benzene rings is 1. The molecule has 1 saturated carbocycles. The van der Waals surface area contributed by atoms with E-state index in [4.69, 9.17) is 38.4 Å². The van der Waals surface area contributed by atoms with E-state index in [-0.39, 0.29) is 22.5 Å². The molecule has 1 saturated heterocycles. The van der Waals surface area contributed by atoms with Crippen LogP contribution in [0.25, 0.3) is 11.1 Å². The molecule has 9 heteroatoms. The topological polar surface area (TPSA) is 75.2 Å². The Morgan fingerprint density at radius 3 is 2.82 bits per heavy atom. The van der Waals surface area contributed by atoms with Crippen LogP contribution in [0.2, 0.25) is 10.0 Å². The fraction of sp³-hybridized carbons (Fsp3) is 0.417. The van der Waals surface area contributed by atoms with Gasteiger partial charge in [-0.1, -0.05) is 36.0 Å². The molecule has 1 unspecified atom stereocenters. The zero-order valence-corrected chi connectivity index (χ0v) is 19.7. The Balaban J connectivity index is 1.36. The van der Waals surface area contributed by atoms with Crippen molar-refractivity contribution < 1.29 is 13.9 Å². The van der Waals surface area contributed by atoms with Crippen LogP contribution >= 0.6 is 23.2 Å². The van der Waals surface area contributed by atoms with Gasteiger partial charge in [0.05, 0.1) is 29.5 Å². The molecule has 0 radical (unpaired) electrons. The lowest BCUT2D eigenvalue weighted by atomic mass is 9.96. The van der Waals surface area contributed by atoms with Gasteiger partial charge in [-0.3, -0.25) is 4.68 Å². The minimum Gasteiger partial charge on any atom is -0.482 e. The second-order valence-electron chi connectivity index (χ2n) is 8.89. The molecular formula is C24H25Cl2FN4O2. The van der Waals surface area contributed by atoms with Gasteiger partial charge in [-0.05, 0) is 38.0 Å². The molecule has 0 amide bonds. The van der Waals surface area contributed by atoms with Crippen LogP contribution in [0.4, 0.5) is 10.2 Å². The third kappa shape index (κ3) is 4.29. The zero-order chi connectivity index (χ0) is 23.2. The predicted octanol–water partition coefficient (Wildman–Crippen LogP) is 6.39. The highest BCUT2D eigenvalue weighted by atomic mass is 35.5. The van der Waals surface area contributed by atoms with Gasteiger partial charge in [0.1, 0.15) is 11.9 Å². The number of halogens is 3. The van der Waals surface area contributed by atoms with Crippen LogP contribution in [0.15, 0.2) is 36.8 Å². The molecule has 1 aromatic carbocycles. The Morgan fingerprint density at radius 2 is 2.03 bits per heavy atom. The summed E-state index contributed by atoms with van der Waals surface area (Å²) < 4.78 is 28.1. The first-order chi connectivity index (χ1) is 15.8. The molecule has 2 fully saturated rings. The van der Waals surface area contributed by atoms with Crippen molar-refractivity contribution in [3.05, 3.63) is 58.2 Å². The Bertz CT molecular complexity index is 1180. The molecule has 2 atom stereocenters. The van der Waals surface area contributed by atoms with Crippen LogP contribution in [-0.4, -0.2) is 27.0 Å². The lowest BCUT2D eigenvalue weighted by Gasteiger charge is -2.21. The summed E-state index contributed by atoms with van der Waals surface area (Å²) in [5, 5.41) is 4.83. The molecule has 2 aromatic heterocycles. The first kappa shape index (κ1) is 22.4. The van der Waals surface area contributed by atoms with Gasteiger partial charge in [-0.25, -0.2) is 9.37 Å². The molecule has 6 nitrogen and oxygen atoms in total. The molecule has 2 N–H and O–H groups in total. The van der Waals surface area contributed by atoms with Crippen LogP contribution in [0.3, 0.4) is 0 Å². The number of nitrogens with two attached hydrogens (primary N) is 1. The second kappa shape index (κ2) is 8.78. The normalized spacial score (nSPS) is 20.4. The maximum absolute atomic E-state index is 13.9. The number of aromatic nitrogens is 3. The van der Waals surface area contributed by atoms with Crippen LogP contribution in [-0.2, 0) is 4.74 Å². The van der Waals surface area contributed by atoms with E-state index in [9.17, 15) is 4.39 Å². The van der Waals surface area contributed by atoms with Gasteiger partial charge in [0.25, 0.3) is 0 Å². The maximum Gasteiger partial charge on any atom is 0.166 e. The summed E-state index contributed by atoms with van der Waals surface area (Å²) in [6.07, 6.45) is 10.6. The summed E-state index contributed by atoms with van der Waals surface area (Å²) in [5.74, 6) is 0.0151. The van der Waals surface area contributed by atoms with Gasteiger partial charge < -0.3 is 15.2 Å². The van der Waals surface area contributed by atoms with Crippen LogP contribution in [0, 0.1) is 5.82 Å². The third-order valence-corrected chi connectivity index (χ3v) is 7.40. The molecule has 0 bridgehead atoms. The molecule has 3 heterocycles. The Hall–Kier alpha value is -2.35. The maximum atomic E-state index is 13.9. The average molecular weight is 491 g/mol. The van der Waals surface area contributed by atoms with Crippen molar-refractivity contribution in [1.82, 2.24) is 14.8 Å². The fourth-order valence-electron chi connectivity index (χ4n) is 4.92. The summed E-state index contributed by atoms with van der Waals surface area (Å²) >= 11 is 12.4. The van der Waals surface area contributed by atoms with Gasteiger partial charge >= 0.3 is 0 Å². The highest BCUT2D eigenvalue weighted by Crippen LogP contribution is 2.44. The van der Waals surface area contributed by atoms with E-state index in [2.05, 4.69) is 10.1 Å². The van der Waals surface area contributed by atoms with E-state index >= 15 is 0 Å². The SMILES string of the molecule is C[C@@H](Oc1cc(-c2cnn(C3COC4(CCCC4)C3)c2)cnc1N)c1c(Cl)ccc(F)c1Cl. The van der Waals surface area contributed by atoms with Crippen LogP contribution in [0.5, 0.6) is 5.75 Å². The van der Waals surface area contributed by atoms with E-state index in [0.717, 1.165) is 30.4 Å². The largest absolute Gasteiger partial charge is 0.482 e. The highest BCUT2D eigenvalue weighted by molar-refractivity contribution is 6.36. The molecule has 1 spiro atoms. The number of anilines is 1. The smallest absolute Gasteiger partial charge is 0.166 e. The Labute approximate surface area is 201 Å². The summed E-state index contributed by atoms with van der Waals surface area (Å²) in [7, 11) is 0. The van der Waals surface area contributed by atoms with Crippen molar-refractivity contribution in [2.75, 3.05) is 12.3 Å². The summed E-state index contributed by atoms with van der Waals surface area (Å²) in [4.78, 5) is 4.28. The van der Waals surface area contributed by atoms with Gasteiger partial charge in [-0.2, -0.15) is 5.10 Å². The fourth-order valence-corrected chi connectivity index (χ4v) is 5.59. The Kier molecular flexibility index (Phi) is 5.97. The lowest BCUT2D eigenvalue weighted by molar-refractivity contribution is 0.00947. The van der Waals surface area contributed by atoms with Gasteiger partial charge in [0, 0.05) is 40.5 Å². The standard InChI is InChI=1S/C24H25Cl2FN4O2/c1-14(21-18(25)4-5-19(27)22(21)26)33-20-8-15(10-29-23(20)28)16-11-30-31(12-16)17-9-24(32-13-17)6-2-3-7-24/h4-5,8,10-12,14,17H,2-3,6-7,9,13H2,1H3,(H2,28,29)/t14-,17?/m1/s1. The van der Waals surface area contributed by atoms with Gasteiger partial charge in [-0.15, -0.1) is 0 Å². The molecule has 2 aliphatic rings. The van der Waals surface area contributed by atoms with Crippen molar-refractivity contribution in [3.63, 3.8) is 0 Å². The third-order valence-electron chi connectivity index (χ3n) is 6.68. The molecule has 1 aliphatic heterocycles. The van der Waals surface area contributed by atoms with Crippen molar-refractivity contribution >= 4 is 29.0 Å². The second-order valence-corrected chi connectivity index (χ2v) is 9.68. The van der Waals surface area contributed by atoms with Crippen LogP contribution in [0.1, 0.15) is 56.7 Å². The van der Waals surface area contributed by atoms with E-state index in [1.165, 1.54) is 25.0 Å². The molecule has 174 valence electrons. The monoisotopic (exact) mass is 490 g/mol. The summed E-state index contributed by atoms with van der Waals surface area (Å²) in [6.45, 7) is 2.41. The van der Waals surface area contributed by atoms with Gasteiger partial charge in [0.2, 0.25) is 0 Å². The average Bonchev–Trinajstić information content (AvgIpc) is 3.55. The number of hydrogen-bond acceptors (Lipinski definition) is 5. The molecule has 1 aliphatic carbocycles. The quantitative estimate of drug-likeness (QED) is 0.419. The van der Waals surface area contributed by atoms with Gasteiger partial charge in [0.15, 0.2) is 11.6 Å². The van der Waals surface area contributed by atoms with E-state index in [0.29, 0.717) is 22.9 Å². The number of pyridine rings is 1. The lowest BCUT2D eigenvalue weighted by Crippen LogP contribution is -2.23. The predicted molar refractivity (Wildman–Crippen MR) is 126 cm³/mol. The first-order valence-corrected chi connectivity index (χ1v) is 11.8. The van der Waals surface area contributed by atoms with Crippen LogP contribution < -0.4 is 10.5 Å². The summed E-state index contributed by atoms with van der Waals surface area (Å²) in [6, 6.07) is 4.70. The summed E-state index contributed by atoms with van der Waals surface area (Å²) in [5.41, 5.74) is 8.16. The minimum atomic E-state index is -0.638. The number of nitrogens with zero attached hydrogens (tertiary/aromatic N) is 3. The van der Waals surface area contributed by atoms with E-state index in [1.807, 2.05) is 10.9 Å². The van der Waals surface area contributed by atoms with Crippen molar-refractivity contribution in [2.45, 2.75) is 56.8 Å². The van der Waals surface area contributed by atoms with Crippen molar-refractivity contribution in [1.29, 1.82) is 0 Å².